The molecule has 0 saturated carbocycles. The third-order valence-electron chi connectivity index (χ3n) is 4.98. The van der Waals surface area contributed by atoms with Crippen LogP contribution in [-0.2, 0) is 10.0 Å². The Morgan fingerprint density at radius 2 is 1.77 bits per heavy atom. The first-order chi connectivity index (χ1) is 16.7. The highest BCUT2D eigenvalue weighted by Gasteiger charge is 2.18. The number of carbonyl (C=O) groups excluding carboxylic acids is 1. The summed E-state index contributed by atoms with van der Waals surface area (Å²) in [5, 5.41) is 6.58. The summed E-state index contributed by atoms with van der Waals surface area (Å²) in [5.41, 5.74) is 0.171. The number of aryl methyl sites for hydroxylation is 1. The molecule has 0 aliphatic carbocycles. The molecule has 1 aromatic heterocycles. The summed E-state index contributed by atoms with van der Waals surface area (Å²) in [4.78, 5) is 15.0. The average molecular weight is 499 g/mol. The van der Waals surface area contributed by atoms with Crippen molar-refractivity contribution in [1.82, 2.24) is 4.83 Å². The van der Waals surface area contributed by atoms with E-state index in [0.717, 1.165) is 17.7 Å². The Kier molecular flexibility index (Phi) is 6.52. The van der Waals surface area contributed by atoms with E-state index in [9.17, 15) is 22.0 Å². The summed E-state index contributed by atoms with van der Waals surface area (Å²) in [7, 11) is -2.68. The first-order valence-corrected chi connectivity index (χ1v) is 11.7. The van der Waals surface area contributed by atoms with E-state index >= 15 is 0 Å². The van der Waals surface area contributed by atoms with Crippen molar-refractivity contribution < 1.29 is 31.1 Å². The number of nitrogens with zero attached hydrogens (tertiary/aromatic N) is 1. The molecule has 8 nitrogen and oxygen atoms in total. The number of ether oxygens (including phenoxy) is 1. The van der Waals surface area contributed by atoms with Gasteiger partial charge in [0.15, 0.2) is 11.3 Å². The lowest BCUT2D eigenvalue weighted by molar-refractivity contribution is 0.102. The van der Waals surface area contributed by atoms with Crippen molar-refractivity contribution in [1.29, 1.82) is 0 Å². The number of para-hydroxylation sites is 1. The molecule has 0 spiro atoms. The molecule has 1 heterocycles. The van der Waals surface area contributed by atoms with Gasteiger partial charge in [-0.3, -0.25) is 4.79 Å². The number of hydrogen-bond donors (Lipinski definition) is 2. The topological polar surface area (TPSA) is 110 Å². The summed E-state index contributed by atoms with van der Waals surface area (Å²) in [6.45, 7) is 1.81. The third-order valence-corrected chi connectivity index (χ3v) is 6.21. The van der Waals surface area contributed by atoms with Crippen LogP contribution in [0, 0.1) is 18.6 Å². The highest BCUT2D eigenvalue weighted by Crippen LogP contribution is 2.25. The van der Waals surface area contributed by atoms with Crippen LogP contribution in [0.15, 0.2) is 81.1 Å². The lowest BCUT2D eigenvalue weighted by atomic mass is 10.1. The van der Waals surface area contributed by atoms with Crippen LogP contribution in [0.5, 0.6) is 5.75 Å². The molecule has 1 amide bonds. The van der Waals surface area contributed by atoms with Crippen LogP contribution in [0.2, 0.25) is 0 Å². The highest BCUT2D eigenvalue weighted by atomic mass is 32.2. The summed E-state index contributed by atoms with van der Waals surface area (Å²) in [5.74, 6) is -2.35. The largest absolute Gasteiger partial charge is 0.493 e. The number of sulfonamides is 1. The maximum Gasteiger partial charge on any atom is 0.276 e. The molecule has 0 atom stereocenters. The minimum Gasteiger partial charge on any atom is -0.493 e. The number of carbonyl (C=O) groups is 1. The van der Waals surface area contributed by atoms with E-state index in [0.29, 0.717) is 17.2 Å². The van der Waals surface area contributed by atoms with Crippen molar-refractivity contribution in [2.24, 2.45) is 5.10 Å². The normalized spacial score (nSPS) is 11.9. The van der Waals surface area contributed by atoms with Gasteiger partial charge in [-0.25, -0.2) is 8.78 Å². The molecule has 0 bridgehead atoms. The van der Waals surface area contributed by atoms with Crippen LogP contribution < -0.4 is 20.4 Å². The van der Waals surface area contributed by atoms with Crippen LogP contribution in [-0.4, -0.2) is 21.4 Å². The van der Waals surface area contributed by atoms with E-state index < -0.39 is 33.1 Å². The summed E-state index contributed by atoms with van der Waals surface area (Å²) in [6, 6.07) is 15.0. The molecular weight excluding hydrogens is 480 g/mol. The second-order valence-electron chi connectivity index (χ2n) is 7.44. The van der Waals surface area contributed by atoms with Crippen molar-refractivity contribution in [2.75, 3.05) is 12.4 Å². The van der Waals surface area contributed by atoms with Crippen molar-refractivity contribution in [3.05, 3.63) is 95.0 Å². The second kappa shape index (κ2) is 9.55. The number of fused-ring (bicyclic) bond motifs is 1. The maximum atomic E-state index is 14.1. The molecule has 0 aliphatic rings. The number of halogens is 2. The molecule has 0 aliphatic heterocycles. The lowest BCUT2D eigenvalue weighted by Gasteiger charge is -2.10. The molecule has 0 fully saturated rings. The monoisotopic (exact) mass is 499 g/mol. The maximum absolute atomic E-state index is 14.1. The highest BCUT2D eigenvalue weighted by molar-refractivity contribution is 7.89. The fourth-order valence-corrected chi connectivity index (χ4v) is 3.99. The molecule has 4 rings (SSSR count). The van der Waals surface area contributed by atoms with E-state index in [1.54, 1.807) is 30.3 Å². The fourth-order valence-electron chi connectivity index (χ4n) is 3.18. The van der Waals surface area contributed by atoms with Crippen LogP contribution in [0.3, 0.4) is 0 Å². The number of rotatable bonds is 6. The van der Waals surface area contributed by atoms with Crippen molar-refractivity contribution in [3.63, 3.8) is 0 Å². The van der Waals surface area contributed by atoms with Crippen molar-refractivity contribution in [2.45, 2.75) is 11.8 Å². The van der Waals surface area contributed by atoms with Crippen molar-refractivity contribution >= 4 is 32.6 Å². The third kappa shape index (κ3) is 5.14. The van der Waals surface area contributed by atoms with E-state index in [-0.39, 0.29) is 21.7 Å². The molecule has 35 heavy (non-hydrogen) atoms. The minimum atomic E-state index is -4.10. The molecule has 4 aromatic rings. The van der Waals surface area contributed by atoms with Gasteiger partial charge in [-0.05, 0) is 43.3 Å². The fraction of sp³-hybridized carbons (Fsp3) is 0.0833. The molecule has 0 radical (unpaired) electrons. The lowest BCUT2D eigenvalue weighted by Crippen LogP contribution is -2.27. The van der Waals surface area contributed by atoms with Gasteiger partial charge in [0.1, 0.15) is 17.2 Å². The Balaban J connectivity index is 1.81. The van der Waals surface area contributed by atoms with Crippen LogP contribution >= 0.6 is 0 Å². The Hall–Kier alpha value is -4.25. The van der Waals surface area contributed by atoms with Gasteiger partial charge in [0.25, 0.3) is 15.9 Å². The Labute approximate surface area is 198 Å². The SMILES string of the molecule is COc1cccc2cc(C(=O)Nc3ccc(F)cc3F)/c(=N/NS(=O)(=O)c3ccc(C)cc3)oc12. The number of amides is 1. The van der Waals surface area contributed by atoms with Gasteiger partial charge in [-0.1, -0.05) is 29.8 Å². The first-order valence-electron chi connectivity index (χ1n) is 10.2. The van der Waals surface area contributed by atoms with Crippen LogP contribution in [0.1, 0.15) is 15.9 Å². The Morgan fingerprint density at radius 1 is 1.03 bits per heavy atom. The van der Waals surface area contributed by atoms with E-state index in [4.69, 9.17) is 9.15 Å². The standard InChI is InChI=1S/C24H19F2N3O5S/c1-14-6-9-17(10-7-14)35(31,32)29-28-24-18(12-15-4-3-5-21(33-2)22(15)34-24)23(30)27-20-11-8-16(25)13-19(20)26/h3-13,29H,1-2H3,(H,27,30)/b28-24-. The Bertz CT molecular complexity index is 1600. The van der Waals surface area contributed by atoms with E-state index in [2.05, 4.69) is 15.2 Å². The number of nitrogens with one attached hydrogen (secondary N) is 2. The molecular formula is C24H19F2N3O5S. The summed E-state index contributed by atoms with van der Waals surface area (Å²) in [6.07, 6.45) is 0. The van der Waals surface area contributed by atoms with Crippen LogP contribution in [0.4, 0.5) is 14.5 Å². The predicted molar refractivity (Wildman–Crippen MR) is 124 cm³/mol. The van der Waals surface area contributed by atoms with Gasteiger partial charge in [0.05, 0.1) is 17.7 Å². The summed E-state index contributed by atoms with van der Waals surface area (Å²) < 4.78 is 63.7. The molecule has 2 N–H and O–H groups in total. The van der Waals surface area contributed by atoms with Gasteiger partial charge in [0.2, 0.25) is 5.55 Å². The second-order valence-corrected chi connectivity index (χ2v) is 9.10. The molecule has 11 heteroatoms. The average Bonchev–Trinajstić information content (AvgIpc) is 2.83. The predicted octanol–water partition coefficient (Wildman–Crippen LogP) is 4.07. The number of anilines is 1. The van der Waals surface area contributed by atoms with Crippen molar-refractivity contribution in [3.8, 4) is 5.75 Å². The zero-order valence-electron chi connectivity index (χ0n) is 18.5. The quantitative estimate of drug-likeness (QED) is 0.389. The van der Waals surface area contributed by atoms with E-state index in [1.165, 1.54) is 25.3 Å². The molecule has 180 valence electrons. The van der Waals surface area contributed by atoms with Crippen LogP contribution in [0.25, 0.3) is 11.0 Å². The molecule has 3 aromatic carbocycles. The first kappa shape index (κ1) is 23.9. The smallest absolute Gasteiger partial charge is 0.276 e. The number of benzene rings is 3. The molecule has 0 unspecified atom stereocenters. The number of hydrogen-bond acceptors (Lipinski definition) is 6. The summed E-state index contributed by atoms with van der Waals surface area (Å²) >= 11 is 0. The Morgan fingerprint density at radius 3 is 2.46 bits per heavy atom. The zero-order chi connectivity index (χ0) is 25.2. The zero-order valence-corrected chi connectivity index (χ0v) is 19.3. The van der Waals surface area contributed by atoms with Gasteiger partial charge >= 0.3 is 0 Å². The van der Waals surface area contributed by atoms with Gasteiger partial charge in [-0.15, -0.1) is 5.10 Å². The number of methoxy groups -OCH3 is 1. The van der Waals surface area contributed by atoms with Gasteiger partial charge in [0, 0.05) is 11.5 Å². The molecule has 0 saturated heterocycles. The van der Waals surface area contributed by atoms with Gasteiger partial charge < -0.3 is 14.5 Å². The minimum absolute atomic E-state index is 0.0513. The van der Waals surface area contributed by atoms with E-state index in [1.807, 2.05) is 6.92 Å². The van der Waals surface area contributed by atoms with Gasteiger partial charge in [-0.2, -0.15) is 13.2 Å².